The SMILES string of the molecule is CN(C(=O)C1CC1)C1CC1c1cccc2cocc12. The Bertz CT molecular complexity index is 641. The van der Waals surface area contributed by atoms with Gasteiger partial charge < -0.3 is 9.32 Å². The van der Waals surface area contributed by atoms with Crippen molar-refractivity contribution in [3.63, 3.8) is 0 Å². The second-order valence-electron chi connectivity index (χ2n) is 5.85. The summed E-state index contributed by atoms with van der Waals surface area (Å²) in [6.07, 6.45) is 6.85. The molecule has 3 nitrogen and oxygen atoms in total. The van der Waals surface area contributed by atoms with E-state index in [-0.39, 0.29) is 0 Å². The van der Waals surface area contributed by atoms with Crippen LogP contribution in [0, 0.1) is 5.92 Å². The van der Waals surface area contributed by atoms with E-state index >= 15 is 0 Å². The maximum absolute atomic E-state index is 12.1. The summed E-state index contributed by atoms with van der Waals surface area (Å²) in [5.41, 5.74) is 1.33. The van der Waals surface area contributed by atoms with Gasteiger partial charge in [0.25, 0.3) is 0 Å². The molecule has 19 heavy (non-hydrogen) atoms. The highest BCUT2D eigenvalue weighted by atomic mass is 16.3. The highest BCUT2D eigenvalue weighted by molar-refractivity contribution is 5.86. The Morgan fingerprint density at radius 2 is 2.16 bits per heavy atom. The monoisotopic (exact) mass is 255 g/mol. The largest absolute Gasteiger partial charge is 0.471 e. The zero-order chi connectivity index (χ0) is 13.0. The van der Waals surface area contributed by atoms with Crippen molar-refractivity contribution >= 4 is 16.7 Å². The van der Waals surface area contributed by atoms with Crippen LogP contribution < -0.4 is 0 Å². The molecule has 1 aromatic heterocycles. The van der Waals surface area contributed by atoms with Gasteiger partial charge in [0, 0.05) is 35.7 Å². The van der Waals surface area contributed by atoms with Crippen LogP contribution >= 0.6 is 0 Å². The van der Waals surface area contributed by atoms with E-state index < -0.39 is 0 Å². The molecule has 2 unspecified atom stereocenters. The third-order valence-electron chi connectivity index (χ3n) is 4.48. The van der Waals surface area contributed by atoms with E-state index in [4.69, 9.17) is 4.42 Å². The van der Waals surface area contributed by atoms with Crippen LogP contribution in [0.3, 0.4) is 0 Å². The van der Waals surface area contributed by atoms with Crippen LogP contribution in [0.15, 0.2) is 35.1 Å². The number of nitrogens with zero attached hydrogens (tertiary/aromatic N) is 1. The smallest absolute Gasteiger partial charge is 0.225 e. The molecule has 1 heterocycles. The van der Waals surface area contributed by atoms with Crippen LogP contribution in [0.25, 0.3) is 10.8 Å². The van der Waals surface area contributed by atoms with Gasteiger partial charge in [0.05, 0.1) is 12.5 Å². The van der Waals surface area contributed by atoms with E-state index in [9.17, 15) is 4.79 Å². The van der Waals surface area contributed by atoms with Gasteiger partial charge in [0.15, 0.2) is 0 Å². The van der Waals surface area contributed by atoms with Crippen molar-refractivity contribution in [2.75, 3.05) is 7.05 Å². The molecule has 2 aliphatic rings. The number of carbonyl (C=O) groups excluding carboxylic acids is 1. The Morgan fingerprint density at radius 3 is 2.95 bits per heavy atom. The summed E-state index contributed by atoms with van der Waals surface area (Å²) in [5, 5.41) is 2.35. The lowest BCUT2D eigenvalue weighted by Crippen LogP contribution is -2.30. The van der Waals surface area contributed by atoms with Gasteiger partial charge in [-0.1, -0.05) is 18.2 Å². The number of rotatable bonds is 3. The molecule has 4 rings (SSSR count). The first-order valence-corrected chi connectivity index (χ1v) is 6.97. The normalized spacial score (nSPS) is 25.5. The minimum Gasteiger partial charge on any atom is -0.471 e. The van der Waals surface area contributed by atoms with E-state index in [2.05, 4.69) is 18.2 Å². The predicted molar refractivity (Wildman–Crippen MR) is 72.9 cm³/mol. The average Bonchev–Trinajstić information content (AvgIpc) is 3.33. The molecular weight excluding hydrogens is 238 g/mol. The maximum Gasteiger partial charge on any atom is 0.225 e. The molecule has 2 atom stereocenters. The van der Waals surface area contributed by atoms with E-state index in [1.165, 1.54) is 10.9 Å². The van der Waals surface area contributed by atoms with Gasteiger partial charge in [-0.25, -0.2) is 0 Å². The van der Waals surface area contributed by atoms with Gasteiger partial charge in [-0.15, -0.1) is 0 Å². The topological polar surface area (TPSA) is 33.5 Å². The fourth-order valence-electron chi connectivity index (χ4n) is 3.06. The summed E-state index contributed by atoms with van der Waals surface area (Å²) in [6.45, 7) is 0. The number of benzene rings is 1. The Kier molecular flexibility index (Phi) is 2.25. The highest BCUT2D eigenvalue weighted by Crippen LogP contribution is 2.47. The van der Waals surface area contributed by atoms with Gasteiger partial charge in [-0.2, -0.15) is 0 Å². The summed E-state index contributed by atoms with van der Waals surface area (Å²) < 4.78 is 5.29. The third kappa shape index (κ3) is 1.76. The van der Waals surface area contributed by atoms with Gasteiger partial charge in [0.2, 0.25) is 5.91 Å². The van der Waals surface area contributed by atoms with Crippen molar-refractivity contribution < 1.29 is 9.21 Å². The zero-order valence-electron chi connectivity index (χ0n) is 11.0. The summed E-state index contributed by atoms with van der Waals surface area (Å²) in [7, 11) is 1.96. The van der Waals surface area contributed by atoms with Gasteiger partial charge >= 0.3 is 0 Å². The van der Waals surface area contributed by atoms with Gasteiger partial charge in [-0.05, 0) is 24.8 Å². The minimum atomic E-state index is 0.316. The lowest BCUT2D eigenvalue weighted by Gasteiger charge is -2.17. The van der Waals surface area contributed by atoms with Crippen LogP contribution in [-0.4, -0.2) is 23.9 Å². The van der Waals surface area contributed by atoms with Crippen LogP contribution in [0.1, 0.15) is 30.7 Å². The quantitative estimate of drug-likeness (QED) is 0.844. The molecule has 2 fully saturated rings. The minimum absolute atomic E-state index is 0.316. The molecule has 0 spiro atoms. The molecular formula is C16H17NO2. The first kappa shape index (κ1) is 11.1. The molecule has 0 N–H and O–H groups in total. The lowest BCUT2D eigenvalue weighted by atomic mass is 10.0. The van der Waals surface area contributed by atoms with E-state index in [0.29, 0.717) is 23.8 Å². The number of fused-ring (bicyclic) bond motifs is 1. The number of likely N-dealkylation sites (N-methyl/N-ethyl adjacent to an activating group) is 1. The Hall–Kier alpha value is -1.77. The average molecular weight is 255 g/mol. The Labute approximate surface area is 112 Å². The van der Waals surface area contributed by atoms with Crippen molar-refractivity contribution in [2.45, 2.75) is 31.2 Å². The summed E-state index contributed by atoms with van der Waals surface area (Å²) in [6, 6.07) is 6.69. The van der Waals surface area contributed by atoms with Crippen molar-refractivity contribution in [3.05, 3.63) is 36.3 Å². The highest BCUT2D eigenvalue weighted by Gasteiger charge is 2.46. The van der Waals surface area contributed by atoms with E-state index in [1.807, 2.05) is 18.2 Å². The molecule has 0 saturated heterocycles. The lowest BCUT2D eigenvalue weighted by molar-refractivity contribution is -0.131. The van der Waals surface area contributed by atoms with Crippen LogP contribution in [0.2, 0.25) is 0 Å². The molecule has 2 aliphatic carbocycles. The van der Waals surface area contributed by atoms with E-state index in [0.717, 1.165) is 24.6 Å². The fraction of sp³-hybridized carbons (Fsp3) is 0.438. The summed E-state index contributed by atoms with van der Waals surface area (Å²) in [4.78, 5) is 14.1. The van der Waals surface area contributed by atoms with Crippen molar-refractivity contribution in [1.82, 2.24) is 4.90 Å². The molecule has 0 bridgehead atoms. The molecule has 2 aromatic rings. The predicted octanol–water partition coefficient (Wildman–Crippen LogP) is 3.16. The number of hydrogen-bond donors (Lipinski definition) is 0. The molecule has 3 heteroatoms. The van der Waals surface area contributed by atoms with Crippen LogP contribution in [-0.2, 0) is 4.79 Å². The second-order valence-corrected chi connectivity index (χ2v) is 5.85. The number of amides is 1. The van der Waals surface area contributed by atoms with Gasteiger partial charge in [0.1, 0.15) is 0 Å². The van der Waals surface area contributed by atoms with Crippen molar-refractivity contribution in [2.24, 2.45) is 5.92 Å². The molecule has 0 aliphatic heterocycles. The van der Waals surface area contributed by atoms with Crippen molar-refractivity contribution in [3.8, 4) is 0 Å². The zero-order valence-corrected chi connectivity index (χ0v) is 11.0. The van der Waals surface area contributed by atoms with Gasteiger partial charge in [-0.3, -0.25) is 4.79 Å². The second kappa shape index (κ2) is 3.86. The Morgan fingerprint density at radius 1 is 1.32 bits per heavy atom. The fourth-order valence-corrected chi connectivity index (χ4v) is 3.06. The molecule has 98 valence electrons. The third-order valence-corrected chi connectivity index (χ3v) is 4.48. The molecule has 0 radical (unpaired) electrons. The molecule has 2 saturated carbocycles. The Balaban J connectivity index is 1.58. The number of furan rings is 1. The van der Waals surface area contributed by atoms with Crippen LogP contribution in [0.5, 0.6) is 0 Å². The maximum atomic E-state index is 12.1. The molecule has 1 aromatic carbocycles. The van der Waals surface area contributed by atoms with Crippen molar-refractivity contribution in [1.29, 1.82) is 0 Å². The van der Waals surface area contributed by atoms with Crippen LogP contribution in [0.4, 0.5) is 0 Å². The summed E-state index contributed by atoms with van der Waals surface area (Å²) in [5.74, 6) is 1.14. The van der Waals surface area contributed by atoms with E-state index in [1.54, 1.807) is 6.26 Å². The summed E-state index contributed by atoms with van der Waals surface area (Å²) >= 11 is 0. The standard InChI is InChI=1S/C16H17NO2/c1-17(16(18)10-5-6-10)15-7-13(15)12-4-2-3-11-8-19-9-14(11)12/h2-4,8-10,13,15H,5-7H2,1H3. The molecule has 1 amide bonds. The first-order chi connectivity index (χ1) is 9.25. The number of carbonyl (C=O) groups is 1. The first-order valence-electron chi connectivity index (χ1n) is 6.97. The number of hydrogen-bond acceptors (Lipinski definition) is 2.